The summed E-state index contributed by atoms with van der Waals surface area (Å²) in [5.41, 5.74) is -0.103. The minimum absolute atomic E-state index is 0.103. The Balaban J connectivity index is 2.59. The molecule has 0 aromatic heterocycles. The highest BCUT2D eigenvalue weighted by Gasteiger charge is 2.33. The number of likely N-dealkylation sites (tertiary alicyclic amines) is 1. The second-order valence-electron chi connectivity index (χ2n) is 3.93. The van der Waals surface area contributed by atoms with E-state index in [1.165, 1.54) is 0 Å². The average Bonchev–Trinajstić information content (AvgIpc) is 1.95. The number of carbonyl (C=O) groups excluding carboxylic acids is 1. The number of rotatable bonds is 1. The van der Waals surface area contributed by atoms with E-state index in [0.29, 0.717) is 5.78 Å². The second-order valence-corrected chi connectivity index (χ2v) is 3.93. The lowest BCUT2D eigenvalue weighted by Crippen LogP contribution is -2.45. The Morgan fingerprint density at radius 3 is 2.64 bits per heavy atom. The summed E-state index contributed by atoms with van der Waals surface area (Å²) in [6.45, 7) is 9.18. The molecule has 0 saturated carbocycles. The maximum absolute atomic E-state index is 11.4. The van der Waals surface area contributed by atoms with Crippen LogP contribution in [0.2, 0.25) is 0 Å². The van der Waals surface area contributed by atoms with Crippen molar-refractivity contribution in [2.24, 2.45) is 5.41 Å². The third-order valence-electron chi connectivity index (χ3n) is 2.48. The van der Waals surface area contributed by atoms with E-state index in [0.717, 1.165) is 26.1 Å². The van der Waals surface area contributed by atoms with Gasteiger partial charge in [-0.05, 0) is 6.54 Å². The molecule has 0 aliphatic carbocycles. The molecule has 2 heteroatoms. The molecule has 1 fully saturated rings. The molecule has 0 bridgehead atoms. The molecule has 0 spiro atoms. The molecule has 64 valence electrons. The Bertz CT molecular complexity index is 163. The van der Waals surface area contributed by atoms with Gasteiger partial charge in [0.05, 0.1) is 0 Å². The summed E-state index contributed by atoms with van der Waals surface area (Å²) in [5.74, 6) is 0.419. The fourth-order valence-corrected chi connectivity index (χ4v) is 1.59. The quantitative estimate of drug-likeness (QED) is 0.569. The topological polar surface area (TPSA) is 20.3 Å². The normalized spacial score (nSPS) is 25.5. The summed E-state index contributed by atoms with van der Waals surface area (Å²) in [5, 5.41) is 0. The fourth-order valence-electron chi connectivity index (χ4n) is 1.59. The molecule has 0 unspecified atom stereocenters. The van der Waals surface area contributed by atoms with Gasteiger partial charge >= 0.3 is 0 Å². The minimum atomic E-state index is -0.103. The zero-order chi connectivity index (χ0) is 8.48. The number of nitrogens with zero attached hydrogens (tertiary/aromatic N) is 1. The van der Waals surface area contributed by atoms with Crippen LogP contribution < -0.4 is 0 Å². The molecular formula is C9H17NO. The van der Waals surface area contributed by atoms with E-state index in [2.05, 4.69) is 11.8 Å². The number of ketones is 1. The highest BCUT2D eigenvalue weighted by molar-refractivity contribution is 5.85. The van der Waals surface area contributed by atoms with Crippen LogP contribution in [0.15, 0.2) is 0 Å². The molecule has 2 nitrogen and oxygen atoms in total. The van der Waals surface area contributed by atoms with Crippen molar-refractivity contribution in [3.63, 3.8) is 0 Å². The molecule has 1 aliphatic rings. The van der Waals surface area contributed by atoms with Crippen LogP contribution >= 0.6 is 0 Å². The van der Waals surface area contributed by atoms with Crippen LogP contribution in [0.1, 0.15) is 27.2 Å². The molecule has 0 N–H and O–H groups in total. The first-order valence-corrected chi connectivity index (χ1v) is 4.32. The van der Waals surface area contributed by atoms with Crippen molar-refractivity contribution in [3.8, 4) is 0 Å². The maximum Gasteiger partial charge on any atom is 0.141 e. The van der Waals surface area contributed by atoms with Gasteiger partial charge in [-0.15, -0.1) is 0 Å². The molecule has 1 rings (SSSR count). The Morgan fingerprint density at radius 1 is 1.55 bits per heavy atom. The van der Waals surface area contributed by atoms with Crippen LogP contribution in [0.3, 0.4) is 0 Å². The molecular weight excluding hydrogens is 138 g/mol. The maximum atomic E-state index is 11.4. The smallest absolute Gasteiger partial charge is 0.141 e. The summed E-state index contributed by atoms with van der Waals surface area (Å²) in [6.07, 6.45) is 0.737. The monoisotopic (exact) mass is 155 g/mol. The molecule has 1 aliphatic heterocycles. The van der Waals surface area contributed by atoms with Gasteiger partial charge in [-0.1, -0.05) is 20.8 Å². The van der Waals surface area contributed by atoms with Crippen molar-refractivity contribution in [1.82, 2.24) is 4.90 Å². The lowest BCUT2D eigenvalue weighted by molar-refractivity contribution is -0.131. The van der Waals surface area contributed by atoms with Crippen LogP contribution in [0.4, 0.5) is 0 Å². The predicted molar refractivity (Wildman–Crippen MR) is 45.5 cm³/mol. The minimum Gasteiger partial charge on any atom is -0.302 e. The van der Waals surface area contributed by atoms with Gasteiger partial charge in [-0.3, -0.25) is 4.79 Å². The van der Waals surface area contributed by atoms with Gasteiger partial charge in [0.25, 0.3) is 0 Å². The number of hydrogen-bond acceptors (Lipinski definition) is 2. The first kappa shape index (κ1) is 8.72. The molecule has 0 radical (unpaired) electrons. The van der Waals surface area contributed by atoms with E-state index < -0.39 is 0 Å². The van der Waals surface area contributed by atoms with Crippen molar-refractivity contribution >= 4 is 5.78 Å². The lowest BCUT2D eigenvalue weighted by atomic mass is 9.83. The summed E-state index contributed by atoms with van der Waals surface area (Å²) in [4.78, 5) is 13.7. The third kappa shape index (κ3) is 1.80. The zero-order valence-corrected chi connectivity index (χ0v) is 7.68. The first-order chi connectivity index (χ1) is 5.06. The fraction of sp³-hybridized carbons (Fsp3) is 0.889. The van der Waals surface area contributed by atoms with Crippen LogP contribution in [0, 0.1) is 5.41 Å². The summed E-state index contributed by atoms with van der Waals surface area (Å²) in [7, 11) is 0. The molecule has 1 saturated heterocycles. The summed E-state index contributed by atoms with van der Waals surface area (Å²) >= 11 is 0. The van der Waals surface area contributed by atoms with Gasteiger partial charge in [-0.2, -0.15) is 0 Å². The van der Waals surface area contributed by atoms with Gasteiger partial charge in [0.2, 0.25) is 0 Å². The highest BCUT2D eigenvalue weighted by atomic mass is 16.1. The van der Waals surface area contributed by atoms with Crippen LogP contribution in [-0.2, 0) is 4.79 Å². The predicted octanol–water partition coefficient (Wildman–Crippen LogP) is 1.31. The Morgan fingerprint density at radius 2 is 2.18 bits per heavy atom. The Labute approximate surface area is 68.6 Å². The number of hydrogen-bond donors (Lipinski definition) is 0. The van der Waals surface area contributed by atoms with Crippen LogP contribution in [0.25, 0.3) is 0 Å². The van der Waals surface area contributed by atoms with Crippen LogP contribution in [-0.4, -0.2) is 30.3 Å². The summed E-state index contributed by atoms with van der Waals surface area (Å²) < 4.78 is 0. The van der Waals surface area contributed by atoms with Gasteiger partial charge in [0.1, 0.15) is 5.78 Å². The molecule has 1 heterocycles. The van der Waals surface area contributed by atoms with Crippen LogP contribution in [0.5, 0.6) is 0 Å². The van der Waals surface area contributed by atoms with E-state index in [1.807, 2.05) is 13.8 Å². The van der Waals surface area contributed by atoms with Crippen molar-refractivity contribution in [2.45, 2.75) is 27.2 Å². The summed E-state index contributed by atoms with van der Waals surface area (Å²) in [6, 6.07) is 0. The largest absolute Gasteiger partial charge is 0.302 e. The molecule has 0 atom stereocenters. The van der Waals surface area contributed by atoms with Gasteiger partial charge in [0, 0.05) is 24.9 Å². The highest BCUT2D eigenvalue weighted by Crippen LogP contribution is 2.24. The molecule has 11 heavy (non-hydrogen) atoms. The zero-order valence-electron chi connectivity index (χ0n) is 7.68. The average molecular weight is 155 g/mol. The number of Topliss-reactive ketones (excluding diaryl/α,β-unsaturated/α-hetero) is 1. The van der Waals surface area contributed by atoms with E-state index in [1.54, 1.807) is 0 Å². The van der Waals surface area contributed by atoms with Gasteiger partial charge in [-0.25, -0.2) is 0 Å². The lowest BCUT2D eigenvalue weighted by Gasteiger charge is -2.35. The van der Waals surface area contributed by atoms with Crippen molar-refractivity contribution in [2.75, 3.05) is 19.6 Å². The van der Waals surface area contributed by atoms with Crippen molar-refractivity contribution in [3.05, 3.63) is 0 Å². The standard InChI is InChI=1S/C9H17NO/c1-4-10-6-5-8(11)9(2,3)7-10/h4-7H2,1-3H3. The van der Waals surface area contributed by atoms with Crippen molar-refractivity contribution in [1.29, 1.82) is 0 Å². The van der Waals surface area contributed by atoms with Crippen molar-refractivity contribution < 1.29 is 4.79 Å². The first-order valence-electron chi connectivity index (χ1n) is 4.32. The Kier molecular flexibility index (Phi) is 2.33. The van der Waals surface area contributed by atoms with E-state index >= 15 is 0 Å². The molecule has 0 aromatic carbocycles. The van der Waals surface area contributed by atoms with Gasteiger partial charge in [0.15, 0.2) is 0 Å². The van der Waals surface area contributed by atoms with E-state index in [9.17, 15) is 4.79 Å². The third-order valence-corrected chi connectivity index (χ3v) is 2.48. The number of carbonyl (C=O) groups is 1. The van der Waals surface area contributed by atoms with E-state index in [4.69, 9.17) is 0 Å². The number of piperidine rings is 1. The SMILES string of the molecule is CCN1CCC(=O)C(C)(C)C1. The second kappa shape index (κ2) is 2.94. The Hall–Kier alpha value is -0.370. The van der Waals surface area contributed by atoms with E-state index in [-0.39, 0.29) is 5.41 Å². The molecule has 0 amide bonds. The molecule has 0 aromatic rings. The van der Waals surface area contributed by atoms with Gasteiger partial charge < -0.3 is 4.90 Å².